The first-order valence-corrected chi connectivity index (χ1v) is 3.61. The molecular formula is C6H10N4O. The van der Waals surface area contributed by atoms with Gasteiger partial charge in [0.05, 0.1) is 18.8 Å². The van der Waals surface area contributed by atoms with Crippen molar-refractivity contribution in [2.45, 2.75) is 12.5 Å². The molecule has 0 saturated carbocycles. The lowest BCUT2D eigenvalue weighted by atomic mass is 10.3. The highest BCUT2D eigenvalue weighted by atomic mass is 16.5. The van der Waals surface area contributed by atoms with Gasteiger partial charge in [0, 0.05) is 6.61 Å². The maximum Gasteiger partial charge on any atom is 0.142 e. The highest BCUT2D eigenvalue weighted by molar-refractivity contribution is 5.22. The summed E-state index contributed by atoms with van der Waals surface area (Å²) in [6.45, 7) is 1.50. The Morgan fingerprint density at radius 1 is 1.73 bits per heavy atom. The predicted octanol–water partition coefficient (Wildman–Crippen LogP) is -0.178. The molecule has 0 aliphatic carbocycles. The minimum absolute atomic E-state index is 0.289. The fourth-order valence-electron chi connectivity index (χ4n) is 1.25. The molecule has 60 valence electrons. The molecule has 0 spiro atoms. The number of aromatic nitrogens is 3. The number of anilines is 1. The van der Waals surface area contributed by atoms with E-state index < -0.39 is 0 Å². The van der Waals surface area contributed by atoms with E-state index in [1.807, 2.05) is 0 Å². The van der Waals surface area contributed by atoms with Crippen LogP contribution < -0.4 is 5.73 Å². The quantitative estimate of drug-likeness (QED) is 0.609. The Kier molecular flexibility index (Phi) is 1.50. The molecular weight excluding hydrogens is 144 g/mol. The molecule has 1 atom stereocenters. The zero-order valence-corrected chi connectivity index (χ0v) is 6.10. The summed E-state index contributed by atoms with van der Waals surface area (Å²) in [4.78, 5) is 0. The third-order valence-corrected chi connectivity index (χ3v) is 1.85. The second kappa shape index (κ2) is 2.50. The van der Waals surface area contributed by atoms with Crippen molar-refractivity contribution in [2.75, 3.05) is 18.9 Å². The molecule has 2 rings (SSSR count). The van der Waals surface area contributed by atoms with Gasteiger partial charge in [0.25, 0.3) is 0 Å². The number of rotatable bonds is 1. The minimum atomic E-state index is 0.289. The van der Waals surface area contributed by atoms with E-state index in [0.29, 0.717) is 12.4 Å². The zero-order valence-electron chi connectivity index (χ0n) is 6.10. The molecule has 1 aromatic heterocycles. The van der Waals surface area contributed by atoms with Gasteiger partial charge in [0.15, 0.2) is 0 Å². The molecule has 1 unspecified atom stereocenters. The third kappa shape index (κ3) is 1.07. The van der Waals surface area contributed by atoms with Gasteiger partial charge in [-0.25, -0.2) is 4.68 Å². The Labute approximate surface area is 64.1 Å². The van der Waals surface area contributed by atoms with E-state index in [9.17, 15) is 0 Å². The summed E-state index contributed by atoms with van der Waals surface area (Å²) in [5.74, 6) is 0.612. The van der Waals surface area contributed by atoms with Crippen molar-refractivity contribution in [3.05, 3.63) is 6.20 Å². The van der Waals surface area contributed by atoms with Gasteiger partial charge in [0.2, 0.25) is 0 Å². The van der Waals surface area contributed by atoms with Crippen LogP contribution in [0.5, 0.6) is 0 Å². The molecule has 1 aromatic rings. The lowest BCUT2D eigenvalue weighted by Crippen LogP contribution is -2.12. The summed E-state index contributed by atoms with van der Waals surface area (Å²) in [6, 6.07) is 0.289. The molecule has 1 aliphatic heterocycles. The van der Waals surface area contributed by atoms with Crippen molar-refractivity contribution in [2.24, 2.45) is 0 Å². The molecule has 11 heavy (non-hydrogen) atoms. The SMILES string of the molecule is Nc1cnnn1C1CCOC1. The van der Waals surface area contributed by atoms with Crippen molar-refractivity contribution < 1.29 is 4.74 Å². The van der Waals surface area contributed by atoms with Gasteiger partial charge in [-0.3, -0.25) is 0 Å². The molecule has 1 aliphatic rings. The van der Waals surface area contributed by atoms with Gasteiger partial charge < -0.3 is 10.5 Å². The summed E-state index contributed by atoms with van der Waals surface area (Å²) in [5, 5.41) is 7.56. The van der Waals surface area contributed by atoms with Gasteiger partial charge in [-0.05, 0) is 6.42 Å². The Hall–Kier alpha value is -1.10. The number of hydrogen-bond acceptors (Lipinski definition) is 4. The summed E-state index contributed by atoms with van der Waals surface area (Å²) in [5.41, 5.74) is 5.60. The molecule has 2 N–H and O–H groups in total. The molecule has 0 aromatic carbocycles. The normalized spacial score (nSPS) is 24.2. The Morgan fingerprint density at radius 2 is 2.64 bits per heavy atom. The number of nitrogens with zero attached hydrogens (tertiary/aromatic N) is 3. The number of nitrogen functional groups attached to an aromatic ring is 1. The fraction of sp³-hybridized carbons (Fsp3) is 0.667. The summed E-state index contributed by atoms with van der Waals surface area (Å²) in [6.07, 6.45) is 2.53. The molecule has 1 saturated heterocycles. The van der Waals surface area contributed by atoms with E-state index in [-0.39, 0.29) is 6.04 Å². The van der Waals surface area contributed by atoms with Crippen LogP contribution in [0.15, 0.2) is 6.20 Å². The van der Waals surface area contributed by atoms with Crippen LogP contribution in [0.25, 0.3) is 0 Å². The fourth-order valence-corrected chi connectivity index (χ4v) is 1.25. The van der Waals surface area contributed by atoms with Crippen LogP contribution in [-0.4, -0.2) is 28.2 Å². The lowest BCUT2D eigenvalue weighted by Gasteiger charge is -2.07. The smallest absolute Gasteiger partial charge is 0.142 e. The van der Waals surface area contributed by atoms with E-state index >= 15 is 0 Å². The maximum absolute atomic E-state index is 5.60. The van der Waals surface area contributed by atoms with Crippen LogP contribution in [0.2, 0.25) is 0 Å². The Bertz CT molecular complexity index is 240. The number of ether oxygens (including phenoxy) is 1. The first-order chi connectivity index (χ1) is 5.38. The highest BCUT2D eigenvalue weighted by Gasteiger charge is 2.19. The second-order valence-corrected chi connectivity index (χ2v) is 2.62. The van der Waals surface area contributed by atoms with Crippen molar-refractivity contribution >= 4 is 5.82 Å². The summed E-state index contributed by atoms with van der Waals surface area (Å²) < 4.78 is 6.91. The second-order valence-electron chi connectivity index (χ2n) is 2.62. The van der Waals surface area contributed by atoms with Crippen molar-refractivity contribution in [3.8, 4) is 0 Å². The number of nitrogens with two attached hydrogens (primary N) is 1. The van der Waals surface area contributed by atoms with Crippen LogP contribution >= 0.6 is 0 Å². The van der Waals surface area contributed by atoms with Crippen molar-refractivity contribution in [3.63, 3.8) is 0 Å². The summed E-state index contributed by atoms with van der Waals surface area (Å²) >= 11 is 0. The van der Waals surface area contributed by atoms with Crippen LogP contribution in [0, 0.1) is 0 Å². The van der Waals surface area contributed by atoms with Crippen LogP contribution in [0.4, 0.5) is 5.82 Å². The van der Waals surface area contributed by atoms with Crippen molar-refractivity contribution in [1.82, 2.24) is 15.0 Å². The molecule has 0 amide bonds. The molecule has 2 heterocycles. The largest absolute Gasteiger partial charge is 0.383 e. The number of hydrogen-bond donors (Lipinski definition) is 1. The molecule has 1 fully saturated rings. The van der Waals surface area contributed by atoms with Gasteiger partial charge in [0.1, 0.15) is 5.82 Å². The van der Waals surface area contributed by atoms with E-state index in [1.54, 1.807) is 10.9 Å². The van der Waals surface area contributed by atoms with E-state index in [1.165, 1.54) is 0 Å². The Balaban J connectivity index is 2.21. The van der Waals surface area contributed by atoms with Gasteiger partial charge in [-0.1, -0.05) is 5.21 Å². The molecule has 0 radical (unpaired) electrons. The first kappa shape index (κ1) is 6.60. The average Bonchev–Trinajstić information content (AvgIpc) is 2.55. The standard InChI is InChI=1S/C6H10N4O/c7-6-3-8-9-10(6)5-1-2-11-4-5/h3,5H,1-2,4,7H2. The predicted molar refractivity (Wildman–Crippen MR) is 38.9 cm³/mol. The third-order valence-electron chi connectivity index (χ3n) is 1.85. The Morgan fingerprint density at radius 3 is 3.18 bits per heavy atom. The van der Waals surface area contributed by atoms with Gasteiger partial charge in [-0.2, -0.15) is 0 Å². The first-order valence-electron chi connectivity index (χ1n) is 3.61. The molecule has 5 heteroatoms. The maximum atomic E-state index is 5.60. The highest BCUT2D eigenvalue weighted by Crippen LogP contribution is 2.19. The van der Waals surface area contributed by atoms with Crippen LogP contribution in [0.1, 0.15) is 12.5 Å². The van der Waals surface area contributed by atoms with E-state index in [2.05, 4.69) is 10.3 Å². The topological polar surface area (TPSA) is 66.0 Å². The van der Waals surface area contributed by atoms with Gasteiger partial charge in [-0.15, -0.1) is 5.10 Å². The average molecular weight is 154 g/mol. The summed E-state index contributed by atoms with van der Waals surface area (Å²) in [7, 11) is 0. The van der Waals surface area contributed by atoms with Crippen LogP contribution in [0.3, 0.4) is 0 Å². The lowest BCUT2D eigenvalue weighted by molar-refractivity contribution is 0.184. The van der Waals surface area contributed by atoms with Crippen LogP contribution in [-0.2, 0) is 4.74 Å². The van der Waals surface area contributed by atoms with Crippen molar-refractivity contribution in [1.29, 1.82) is 0 Å². The zero-order chi connectivity index (χ0) is 7.68. The van der Waals surface area contributed by atoms with Gasteiger partial charge >= 0.3 is 0 Å². The molecule has 0 bridgehead atoms. The molecule has 5 nitrogen and oxygen atoms in total. The van der Waals surface area contributed by atoms with E-state index in [0.717, 1.165) is 13.0 Å². The minimum Gasteiger partial charge on any atom is -0.383 e. The monoisotopic (exact) mass is 154 g/mol. The van der Waals surface area contributed by atoms with E-state index in [4.69, 9.17) is 10.5 Å².